The van der Waals surface area contributed by atoms with Gasteiger partial charge in [0.05, 0.1) is 30.8 Å². The van der Waals surface area contributed by atoms with E-state index in [9.17, 15) is 0 Å². The molecule has 0 saturated carbocycles. The van der Waals surface area contributed by atoms with E-state index in [0.29, 0.717) is 23.9 Å². The largest absolute Gasteiger partial charge is 0.493 e. The number of nitrogens with one attached hydrogen (secondary N) is 2. The van der Waals surface area contributed by atoms with E-state index in [4.69, 9.17) is 21.1 Å². The van der Waals surface area contributed by atoms with Gasteiger partial charge in [0.1, 0.15) is 5.82 Å². The lowest BCUT2D eigenvalue weighted by Gasteiger charge is -2.18. The molecule has 0 bridgehead atoms. The van der Waals surface area contributed by atoms with Crippen LogP contribution in [0, 0.1) is 0 Å². The van der Waals surface area contributed by atoms with Gasteiger partial charge >= 0.3 is 0 Å². The average molecular weight is 360 g/mol. The van der Waals surface area contributed by atoms with Gasteiger partial charge in [0, 0.05) is 23.2 Å². The van der Waals surface area contributed by atoms with Crippen molar-refractivity contribution in [3.8, 4) is 11.5 Å². The Balaban J connectivity index is 1.74. The number of benzene rings is 2. The number of imidazole rings is 1. The zero-order chi connectivity index (χ0) is 17.8. The lowest BCUT2D eigenvalue weighted by Crippen LogP contribution is -2.16. The zero-order valence-corrected chi connectivity index (χ0v) is 15.4. The van der Waals surface area contributed by atoms with E-state index >= 15 is 0 Å². The minimum absolute atomic E-state index is 0.0456. The molecule has 132 valence electrons. The van der Waals surface area contributed by atoms with E-state index < -0.39 is 0 Å². The third kappa shape index (κ3) is 4.24. The highest BCUT2D eigenvalue weighted by Gasteiger charge is 2.14. The molecule has 3 aromatic rings. The number of para-hydroxylation sites is 2. The fourth-order valence-electron chi connectivity index (χ4n) is 2.68. The molecule has 3 rings (SSSR count). The smallest absolute Gasteiger partial charge is 0.166 e. The number of aromatic amines is 1. The van der Waals surface area contributed by atoms with Crippen LogP contribution in [0.3, 0.4) is 0 Å². The number of methoxy groups -OCH3 is 1. The molecule has 0 aliphatic rings. The van der Waals surface area contributed by atoms with Crippen LogP contribution >= 0.6 is 11.6 Å². The molecule has 0 saturated heterocycles. The summed E-state index contributed by atoms with van der Waals surface area (Å²) in [6.07, 6.45) is 0.0456. The van der Waals surface area contributed by atoms with Gasteiger partial charge in [0.25, 0.3) is 0 Å². The lowest BCUT2D eigenvalue weighted by atomic mass is 10.1. The molecule has 2 aromatic carbocycles. The van der Waals surface area contributed by atoms with Gasteiger partial charge in [0.2, 0.25) is 0 Å². The quantitative estimate of drug-likeness (QED) is 0.660. The summed E-state index contributed by atoms with van der Waals surface area (Å²) in [5.74, 6) is 2.25. The number of aromatic nitrogens is 2. The Bertz CT molecular complexity index is 828. The standard InChI is InChI=1S/C19H22ClN3O2/c1-12(2)25-19-13(8-14(20)9-17(19)24-3)10-21-11-18-22-15-6-4-5-7-16(15)23-18/h4-9,12,21H,10-11H2,1-3H3,(H,22,23). The Kier molecular flexibility index (Phi) is 5.46. The van der Waals surface area contributed by atoms with Crippen LogP contribution in [0.25, 0.3) is 11.0 Å². The summed E-state index contributed by atoms with van der Waals surface area (Å²) in [6.45, 7) is 5.18. The summed E-state index contributed by atoms with van der Waals surface area (Å²) < 4.78 is 11.3. The molecule has 6 heteroatoms. The molecule has 0 spiro atoms. The topological polar surface area (TPSA) is 59.2 Å². The maximum Gasteiger partial charge on any atom is 0.166 e. The van der Waals surface area contributed by atoms with Gasteiger partial charge in [0.15, 0.2) is 11.5 Å². The van der Waals surface area contributed by atoms with Crippen molar-refractivity contribution in [1.82, 2.24) is 15.3 Å². The van der Waals surface area contributed by atoms with Crippen LogP contribution in [0.2, 0.25) is 5.02 Å². The van der Waals surface area contributed by atoms with Gasteiger partial charge in [-0.1, -0.05) is 23.7 Å². The van der Waals surface area contributed by atoms with Crippen molar-refractivity contribution < 1.29 is 9.47 Å². The summed E-state index contributed by atoms with van der Waals surface area (Å²) in [5, 5.41) is 4.00. The Morgan fingerprint density at radius 2 is 2.00 bits per heavy atom. The molecule has 0 radical (unpaired) electrons. The third-order valence-electron chi connectivity index (χ3n) is 3.72. The van der Waals surface area contributed by atoms with Gasteiger partial charge in [-0.15, -0.1) is 0 Å². The molecular formula is C19H22ClN3O2. The van der Waals surface area contributed by atoms with Gasteiger partial charge in [-0.05, 0) is 32.0 Å². The van der Waals surface area contributed by atoms with Crippen LogP contribution in [0.1, 0.15) is 25.2 Å². The minimum atomic E-state index is 0.0456. The molecule has 5 nitrogen and oxygen atoms in total. The maximum absolute atomic E-state index is 6.20. The van der Waals surface area contributed by atoms with Crippen LogP contribution < -0.4 is 14.8 Å². The van der Waals surface area contributed by atoms with Gasteiger partial charge in [-0.3, -0.25) is 0 Å². The summed E-state index contributed by atoms with van der Waals surface area (Å²) in [6, 6.07) is 11.6. The first-order valence-electron chi connectivity index (χ1n) is 8.24. The van der Waals surface area contributed by atoms with Crippen molar-refractivity contribution in [2.24, 2.45) is 0 Å². The number of halogens is 1. The molecule has 0 fully saturated rings. The van der Waals surface area contributed by atoms with E-state index in [2.05, 4.69) is 15.3 Å². The predicted molar refractivity (Wildman–Crippen MR) is 100 cm³/mol. The molecular weight excluding hydrogens is 338 g/mol. The molecule has 1 aromatic heterocycles. The summed E-state index contributed by atoms with van der Waals surface area (Å²) >= 11 is 6.20. The van der Waals surface area contributed by atoms with Crippen molar-refractivity contribution in [2.75, 3.05) is 7.11 Å². The first-order valence-corrected chi connectivity index (χ1v) is 8.62. The number of hydrogen-bond acceptors (Lipinski definition) is 4. The maximum atomic E-state index is 6.20. The van der Waals surface area contributed by atoms with Crippen LogP contribution in [0.5, 0.6) is 11.5 Å². The van der Waals surface area contributed by atoms with Crippen LogP contribution in [0.4, 0.5) is 0 Å². The second-order valence-corrected chi connectivity index (χ2v) is 6.50. The van der Waals surface area contributed by atoms with Crippen molar-refractivity contribution >= 4 is 22.6 Å². The normalized spacial score (nSPS) is 11.2. The van der Waals surface area contributed by atoms with Crippen LogP contribution in [-0.2, 0) is 13.1 Å². The first-order chi connectivity index (χ1) is 12.1. The predicted octanol–water partition coefficient (Wildman–Crippen LogP) is 4.30. The van der Waals surface area contributed by atoms with E-state index in [0.717, 1.165) is 28.2 Å². The summed E-state index contributed by atoms with van der Waals surface area (Å²) in [4.78, 5) is 7.87. The van der Waals surface area contributed by atoms with E-state index in [-0.39, 0.29) is 6.10 Å². The van der Waals surface area contributed by atoms with Crippen molar-refractivity contribution in [3.05, 3.63) is 52.8 Å². The molecule has 0 aliphatic carbocycles. The second kappa shape index (κ2) is 7.76. The first kappa shape index (κ1) is 17.6. The minimum Gasteiger partial charge on any atom is -0.493 e. The molecule has 1 heterocycles. The SMILES string of the molecule is COc1cc(Cl)cc(CNCc2nc3ccccc3[nH]2)c1OC(C)C. The molecule has 0 aliphatic heterocycles. The summed E-state index contributed by atoms with van der Waals surface area (Å²) in [5.41, 5.74) is 2.95. The van der Waals surface area contributed by atoms with Crippen molar-refractivity contribution in [3.63, 3.8) is 0 Å². The van der Waals surface area contributed by atoms with Crippen LogP contribution in [-0.4, -0.2) is 23.2 Å². The summed E-state index contributed by atoms with van der Waals surface area (Å²) in [7, 11) is 1.62. The van der Waals surface area contributed by atoms with Gasteiger partial charge in [-0.25, -0.2) is 4.98 Å². The van der Waals surface area contributed by atoms with Crippen LogP contribution in [0.15, 0.2) is 36.4 Å². The highest BCUT2D eigenvalue weighted by atomic mass is 35.5. The molecule has 25 heavy (non-hydrogen) atoms. The molecule has 0 unspecified atom stereocenters. The Hall–Kier alpha value is -2.24. The van der Waals surface area contributed by atoms with Gasteiger partial charge in [-0.2, -0.15) is 0 Å². The van der Waals surface area contributed by atoms with E-state index in [1.807, 2.05) is 44.2 Å². The lowest BCUT2D eigenvalue weighted by molar-refractivity contribution is 0.227. The Morgan fingerprint density at radius 3 is 2.72 bits per heavy atom. The third-order valence-corrected chi connectivity index (χ3v) is 3.93. The fourth-order valence-corrected chi connectivity index (χ4v) is 2.91. The number of rotatable bonds is 7. The number of H-pyrrole nitrogens is 1. The highest BCUT2D eigenvalue weighted by Crippen LogP contribution is 2.35. The average Bonchev–Trinajstić information content (AvgIpc) is 2.99. The number of hydrogen-bond donors (Lipinski definition) is 2. The zero-order valence-electron chi connectivity index (χ0n) is 14.6. The number of ether oxygens (including phenoxy) is 2. The fraction of sp³-hybridized carbons (Fsp3) is 0.316. The Morgan fingerprint density at radius 1 is 1.20 bits per heavy atom. The Labute approximate surface area is 152 Å². The highest BCUT2D eigenvalue weighted by molar-refractivity contribution is 6.30. The number of nitrogens with zero attached hydrogens (tertiary/aromatic N) is 1. The van der Waals surface area contributed by atoms with Gasteiger partial charge < -0.3 is 19.8 Å². The second-order valence-electron chi connectivity index (χ2n) is 6.07. The van der Waals surface area contributed by atoms with Crippen molar-refractivity contribution in [2.45, 2.75) is 33.0 Å². The van der Waals surface area contributed by atoms with E-state index in [1.54, 1.807) is 13.2 Å². The molecule has 0 atom stereocenters. The van der Waals surface area contributed by atoms with E-state index in [1.165, 1.54) is 0 Å². The monoisotopic (exact) mass is 359 g/mol. The number of fused-ring (bicyclic) bond motifs is 1. The van der Waals surface area contributed by atoms with Crippen molar-refractivity contribution in [1.29, 1.82) is 0 Å². The molecule has 0 amide bonds. The molecule has 2 N–H and O–H groups in total.